The van der Waals surface area contributed by atoms with Crippen molar-refractivity contribution >= 4 is 28.5 Å². The molecule has 0 atom stereocenters. The first-order chi connectivity index (χ1) is 14.8. The van der Waals surface area contributed by atoms with Crippen LogP contribution in [-0.4, -0.2) is 37.0 Å². The standard InChI is InChI=1S/C23H25ClN6O/c1-14-6-5-7-18(12-14)19-8-9-26-23-21(19)15(2)27-30(23)13-20(31)25-10-11-29-17(4)22(24)16(3)28-29/h5-9,12H,10-11,13H2,1-4H3,(H,25,31). The second kappa shape index (κ2) is 8.51. The number of hydrogen-bond donors (Lipinski definition) is 1. The molecular formula is C23H25ClN6O. The van der Waals surface area contributed by atoms with E-state index in [1.165, 1.54) is 5.56 Å². The van der Waals surface area contributed by atoms with E-state index in [1.807, 2.05) is 32.9 Å². The summed E-state index contributed by atoms with van der Waals surface area (Å²) < 4.78 is 3.47. The average molecular weight is 437 g/mol. The van der Waals surface area contributed by atoms with Crippen molar-refractivity contribution in [2.24, 2.45) is 0 Å². The van der Waals surface area contributed by atoms with E-state index in [0.717, 1.165) is 33.6 Å². The van der Waals surface area contributed by atoms with Crippen molar-refractivity contribution in [3.8, 4) is 11.1 Å². The SMILES string of the molecule is Cc1cccc(-c2ccnc3c2c(C)nn3CC(=O)NCCn2nc(C)c(Cl)c2C)c1. The fraction of sp³-hybridized carbons (Fsp3) is 0.304. The van der Waals surface area contributed by atoms with E-state index in [4.69, 9.17) is 11.6 Å². The molecule has 0 unspecified atom stereocenters. The van der Waals surface area contributed by atoms with Gasteiger partial charge in [-0.25, -0.2) is 9.67 Å². The van der Waals surface area contributed by atoms with Gasteiger partial charge in [-0.3, -0.25) is 9.48 Å². The minimum absolute atomic E-state index is 0.104. The highest BCUT2D eigenvalue weighted by Gasteiger charge is 2.16. The molecular weight excluding hydrogens is 412 g/mol. The molecule has 8 heteroatoms. The minimum atomic E-state index is -0.125. The van der Waals surface area contributed by atoms with Gasteiger partial charge in [0, 0.05) is 18.1 Å². The monoisotopic (exact) mass is 436 g/mol. The number of aryl methyl sites for hydroxylation is 3. The summed E-state index contributed by atoms with van der Waals surface area (Å²) in [6.45, 7) is 8.92. The number of carbonyl (C=O) groups excluding carboxylic acids is 1. The molecule has 3 heterocycles. The number of pyridine rings is 1. The quantitative estimate of drug-likeness (QED) is 0.495. The van der Waals surface area contributed by atoms with Crippen molar-refractivity contribution in [1.29, 1.82) is 0 Å². The molecule has 4 rings (SSSR count). The summed E-state index contributed by atoms with van der Waals surface area (Å²) >= 11 is 6.18. The average Bonchev–Trinajstić information content (AvgIpc) is 3.19. The summed E-state index contributed by atoms with van der Waals surface area (Å²) in [5.74, 6) is -0.125. The second-order valence-corrected chi connectivity index (χ2v) is 8.11. The predicted octanol–water partition coefficient (Wildman–Crippen LogP) is 4.00. The number of fused-ring (bicyclic) bond motifs is 1. The third-order valence-corrected chi connectivity index (χ3v) is 5.92. The number of hydrogen-bond acceptors (Lipinski definition) is 4. The molecule has 0 fully saturated rings. The van der Waals surface area contributed by atoms with Gasteiger partial charge in [-0.1, -0.05) is 41.4 Å². The van der Waals surface area contributed by atoms with Gasteiger partial charge in [0.25, 0.3) is 0 Å². The maximum Gasteiger partial charge on any atom is 0.241 e. The van der Waals surface area contributed by atoms with E-state index in [0.29, 0.717) is 23.8 Å². The van der Waals surface area contributed by atoms with Crippen LogP contribution in [0.3, 0.4) is 0 Å². The number of nitrogens with one attached hydrogen (secondary N) is 1. The van der Waals surface area contributed by atoms with Crippen LogP contribution in [0, 0.1) is 27.7 Å². The number of benzene rings is 1. The zero-order valence-corrected chi connectivity index (χ0v) is 18.9. The Kier molecular flexibility index (Phi) is 5.78. The first kappa shape index (κ1) is 21.1. The van der Waals surface area contributed by atoms with Crippen LogP contribution in [0.5, 0.6) is 0 Å². The molecule has 3 aromatic heterocycles. The van der Waals surface area contributed by atoms with Gasteiger partial charge in [-0.15, -0.1) is 0 Å². The molecule has 0 aliphatic rings. The van der Waals surface area contributed by atoms with Crippen LogP contribution in [-0.2, 0) is 17.9 Å². The van der Waals surface area contributed by atoms with Gasteiger partial charge in [-0.2, -0.15) is 10.2 Å². The van der Waals surface area contributed by atoms with Crippen molar-refractivity contribution in [3.63, 3.8) is 0 Å². The molecule has 0 saturated heterocycles. The van der Waals surface area contributed by atoms with Gasteiger partial charge in [-0.05, 0) is 44.9 Å². The highest BCUT2D eigenvalue weighted by Crippen LogP contribution is 2.30. The van der Waals surface area contributed by atoms with Crippen molar-refractivity contribution in [1.82, 2.24) is 29.9 Å². The van der Waals surface area contributed by atoms with Crippen LogP contribution < -0.4 is 5.32 Å². The number of carbonyl (C=O) groups is 1. The summed E-state index contributed by atoms with van der Waals surface area (Å²) in [4.78, 5) is 17.1. The minimum Gasteiger partial charge on any atom is -0.353 e. The first-order valence-corrected chi connectivity index (χ1v) is 10.6. The largest absolute Gasteiger partial charge is 0.353 e. The molecule has 0 bridgehead atoms. The van der Waals surface area contributed by atoms with Gasteiger partial charge in [0.1, 0.15) is 6.54 Å². The molecule has 0 aliphatic carbocycles. The summed E-state index contributed by atoms with van der Waals surface area (Å²) in [5.41, 5.74) is 6.62. The van der Waals surface area contributed by atoms with E-state index >= 15 is 0 Å². The van der Waals surface area contributed by atoms with Crippen LogP contribution >= 0.6 is 11.6 Å². The fourth-order valence-corrected chi connectivity index (χ4v) is 3.97. The zero-order chi connectivity index (χ0) is 22.1. The molecule has 31 heavy (non-hydrogen) atoms. The molecule has 1 amide bonds. The van der Waals surface area contributed by atoms with Crippen LogP contribution in [0.15, 0.2) is 36.5 Å². The molecule has 7 nitrogen and oxygen atoms in total. The molecule has 160 valence electrons. The van der Waals surface area contributed by atoms with E-state index in [1.54, 1.807) is 15.6 Å². The lowest BCUT2D eigenvalue weighted by atomic mass is 10.0. The zero-order valence-electron chi connectivity index (χ0n) is 18.1. The summed E-state index contributed by atoms with van der Waals surface area (Å²) in [6.07, 6.45) is 1.77. The normalized spacial score (nSPS) is 11.3. The molecule has 0 radical (unpaired) electrons. The highest BCUT2D eigenvalue weighted by atomic mass is 35.5. The summed E-state index contributed by atoms with van der Waals surface area (Å²) in [6, 6.07) is 10.3. The first-order valence-electron chi connectivity index (χ1n) is 10.2. The van der Waals surface area contributed by atoms with Gasteiger partial charge >= 0.3 is 0 Å². The third kappa shape index (κ3) is 4.18. The molecule has 0 aliphatic heterocycles. The lowest BCUT2D eigenvalue weighted by Gasteiger charge is -2.08. The van der Waals surface area contributed by atoms with Gasteiger partial charge < -0.3 is 5.32 Å². The Morgan fingerprint density at radius 1 is 1.06 bits per heavy atom. The summed E-state index contributed by atoms with van der Waals surface area (Å²) in [5, 5.41) is 13.5. The van der Waals surface area contributed by atoms with Crippen LogP contribution in [0.1, 0.15) is 22.6 Å². The molecule has 0 spiro atoms. The van der Waals surface area contributed by atoms with Crippen LogP contribution in [0.25, 0.3) is 22.2 Å². The number of amides is 1. The van der Waals surface area contributed by atoms with E-state index in [-0.39, 0.29) is 12.5 Å². The number of aromatic nitrogens is 5. The Morgan fingerprint density at radius 2 is 1.84 bits per heavy atom. The number of halogens is 1. The van der Waals surface area contributed by atoms with Crippen LogP contribution in [0.4, 0.5) is 0 Å². The Labute approximate surface area is 186 Å². The maximum atomic E-state index is 12.6. The maximum absolute atomic E-state index is 12.6. The topological polar surface area (TPSA) is 77.6 Å². The Hall–Kier alpha value is -3.19. The van der Waals surface area contributed by atoms with Crippen LogP contribution in [0.2, 0.25) is 5.02 Å². The van der Waals surface area contributed by atoms with E-state index < -0.39 is 0 Å². The Morgan fingerprint density at radius 3 is 2.55 bits per heavy atom. The van der Waals surface area contributed by atoms with Crippen molar-refractivity contribution in [2.45, 2.75) is 40.8 Å². The second-order valence-electron chi connectivity index (χ2n) is 7.73. The molecule has 0 saturated carbocycles. The highest BCUT2D eigenvalue weighted by molar-refractivity contribution is 6.31. The Balaban J connectivity index is 1.50. The lowest BCUT2D eigenvalue weighted by molar-refractivity contribution is -0.121. The number of rotatable bonds is 6. The van der Waals surface area contributed by atoms with Gasteiger partial charge in [0.15, 0.2) is 5.65 Å². The molecule has 4 aromatic rings. The predicted molar refractivity (Wildman–Crippen MR) is 122 cm³/mol. The van der Waals surface area contributed by atoms with Crippen molar-refractivity contribution < 1.29 is 4.79 Å². The van der Waals surface area contributed by atoms with E-state index in [9.17, 15) is 4.79 Å². The fourth-order valence-electron chi connectivity index (χ4n) is 3.83. The third-order valence-electron chi connectivity index (χ3n) is 5.37. The Bertz CT molecular complexity index is 1270. The van der Waals surface area contributed by atoms with E-state index in [2.05, 4.69) is 45.6 Å². The van der Waals surface area contributed by atoms with Gasteiger partial charge in [0.05, 0.1) is 28.6 Å². The lowest BCUT2D eigenvalue weighted by Crippen LogP contribution is -2.31. The van der Waals surface area contributed by atoms with Gasteiger partial charge in [0.2, 0.25) is 5.91 Å². The summed E-state index contributed by atoms with van der Waals surface area (Å²) in [7, 11) is 0. The molecule has 1 N–H and O–H groups in total. The molecule has 1 aromatic carbocycles. The smallest absolute Gasteiger partial charge is 0.241 e. The van der Waals surface area contributed by atoms with Crippen molar-refractivity contribution in [3.05, 3.63) is 64.2 Å². The van der Waals surface area contributed by atoms with Crippen molar-refractivity contribution in [2.75, 3.05) is 6.54 Å². The number of nitrogens with zero attached hydrogens (tertiary/aromatic N) is 5.